The second-order valence-electron chi connectivity index (χ2n) is 5.57. The van der Waals surface area contributed by atoms with E-state index in [0.717, 1.165) is 22.5 Å². The second-order valence-corrected chi connectivity index (χ2v) is 7.27. The lowest BCUT2D eigenvalue weighted by atomic mass is 10.2. The topological polar surface area (TPSA) is 78.1 Å². The molecule has 2 amide bonds. The smallest absolute Gasteiger partial charge is 0.331 e. The Labute approximate surface area is 170 Å². The minimum atomic E-state index is -0.472. The van der Waals surface area contributed by atoms with Gasteiger partial charge in [-0.1, -0.05) is 41.4 Å². The second kappa shape index (κ2) is 8.81. The van der Waals surface area contributed by atoms with Crippen LogP contribution in [0.3, 0.4) is 0 Å². The molecule has 0 saturated heterocycles. The molecule has 6 nitrogen and oxygen atoms in total. The fourth-order valence-corrected chi connectivity index (χ4v) is 3.14. The van der Waals surface area contributed by atoms with E-state index < -0.39 is 6.03 Å². The van der Waals surface area contributed by atoms with Crippen molar-refractivity contribution < 1.29 is 4.79 Å². The first kappa shape index (κ1) is 19.1. The van der Waals surface area contributed by atoms with Crippen molar-refractivity contribution in [2.75, 3.05) is 10.6 Å². The number of carbonyl (C=O) groups is 1. The van der Waals surface area contributed by atoms with Crippen molar-refractivity contribution in [3.63, 3.8) is 0 Å². The maximum atomic E-state index is 12.0. The molecule has 0 unspecified atom stereocenters. The number of benzene rings is 2. The van der Waals surface area contributed by atoms with Gasteiger partial charge in [-0.2, -0.15) is 0 Å². The van der Waals surface area contributed by atoms with Crippen molar-refractivity contribution in [3.8, 4) is 11.3 Å². The summed E-state index contributed by atoms with van der Waals surface area (Å²) in [6.45, 7) is 2.00. The number of hydrazine groups is 1. The molecule has 138 valence electrons. The molecule has 1 aromatic heterocycles. The van der Waals surface area contributed by atoms with Crippen LogP contribution in [0.15, 0.2) is 53.9 Å². The number of nitrogens with one attached hydrogen (secondary N) is 4. The zero-order valence-electron chi connectivity index (χ0n) is 14.2. The molecule has 2 aromatic carbocycles. The maximum absolute atomic E-state index is 12.0. The van der Waals surface area contributed by atoms with E-state index in [1.54, 1.807) is 12.1 Å². The largest absolute Gasteiger partial charge is 0.339 e. The summed E-state index contributed by atoms with van der Waals surface area (Å²) in [4.78, 5) is 16.4. The first-order valence-corrected chi connectivity index (χ1v) is 9.58. The van der Waals surface area contributed by atoms with Crippen molar-refractivity contribution in [1.29, 1.82) is 0 Å². The standard InChI is InChI=1S/C18H16ClN5OS2/c1-11-2-8-14(9-3-11)20-17(26)24-23-16(25)22-18-21-15(10-27-18)12-4-6-13(19)7-5-12/h2-10H,1H3,(H2,20,24,26)(H2,21,22,23,25). The third-order valence-corrected chi connectivity index (χ3v) is 4.68. The fourth-order valence-electron chi connectivity index (χ4n) is 2.13. The van der Waals surface area contributed by atoms with Gasteiger partial charge in [-0.05, 0) is 43.4 Å². The third-order valence-electron chi connectivity index (χ3n) is 3.46. The molecular weight excluding hydrogens is 402 g/mol. The van der Waals surface area contributed by atoms with Crippen LogP contribution in [0.2, 0.25) is 5.02 Å². The van der Waals surface area contributed by atoms with E-state index in [1.807, 2.05) is 48.7 Å². The summed E-state index contributed by atoms with van der Waals surface area (Å²) in [5.41, 5.74) is 8.76. The Bertz CT molecular complexity index is 941. The van der Waals surface area contributed by atoms with E-state index in [9.17, 15) is 4.79 Å². The molecule has 0 atom stereocenters. The van der Waals surface area contributed by atoms with Crippen LogP contribution < -0.4 is 21.5 Å². The molecule has 0 fully saturated rings. The number of carbonyl (C=O) groups excluding carboxylic acids is 1. The Balaban J connectivity index is 1.48. The molecule has 3 rings (SSSR count). The number of anilines is 2. The lowest BCUT2D eigenvalue weighted by Gasteiger charge is -2.11. The number of thiazole rings is 1. The Hall–Kier alpha value is -2.68. The Morgan fingerprint density at radius 1 is 1.04 bits per heavy atom. The average Bonchev–Trinajstić information content (AvgIpc) is 3.11. The molecule has 0 aliphatic carbocycles. The zero-order valence-corrected chi connectivity index (χ0v) is 16.6. The Kier molecular flexibility index (Phi) is 6.23. The molecule has 4 N–H and O–H groups in total. The number of thiocarbonyl (C=S) groups is 1. The van der Waals surface area contributed by atoms with Gasteiger partial charge >= 0.3 is 6.03 Å². The van der Waals surface area contributed by atoms with Crippen LogP contribution in [0.25, 0.3) is 11.3 Å². The minimum absolute atomic E-state index is 0.273. The van der Waals surface area contributed by atoms with E-state index >= 15 is 0 Å². The highest BCUT2D eigenvalue weighted by Gasteiger charge is 2.08. The first-order chi connectivity index (χ1) is 13.0. The molecule has 0 aliphatic rings. The van der Waals surface area contributed by atoms with Gasteiger partial charge in [-0.3, -0.25) is 10.7 Å². The van der Waals surface area contributed by atoms with Gasteiger partial charge in [0.1, 0.15) is 0 Å². The molecule has 27 heavy (non-hydrogen) atoms. The molecule has 1 heterocycles. The van der Waals surface area contributed by atoms with Crippen LogP contribution in [-0.4, -0.2) is 16.1 Å². The van der Waals surface area contributed by atoms with Crippen molar-refractivity contribution >= 4 is 57.1 Å². The molecule has 0 spiro atoms. The zero-order chi connectivity index (χ0) is 19.2. The lowest BCUT2D eigenvalue weighted by Crippen LogP contribution is -2.45. The van der Waals surface area contributed by atoms with Crippen LogP contribution in [0.5, 0.6) is 0 Å². The number of rotatable bonds is 3. The van der Waals surface area contributed by atoms with Gasteiger partial charge in [0.15, 0.2) is 10.2 Å². The Morgan fingerprint density at radius 3 is 2.44 bits per heavy atom. The number of amides is 2. The van der Waals surface area contributed by atoms with Crippen LogP contribution in [0.4, 0.5) is 15.6 Å². The van der Waals surface area contributed by atoms with Crippen molar-refractivity contribution in [3.05, 3.63) is 64.5 Å². The number of aryl methyl sites for hydroxylation is 1. The van der Waals surface area contributed by atoms with Gasteiger partial charge < -0.3 is 5.32 Å². The number of halogens is 1. The monoisotopic (exact) mass is 417 g/mol. The lowest BCUT2D eigenvalue weighted by molar-refractivity contribution is 0.250. The Morgan fingerprint density at radius 2 is 1.74 bits per heavy atom. The molecule has 0 bridgehead atoms. The average molecular weight is 418 g/mol. The quantitative estimate of drug-likeness (QED) is 0.364. The van der Waals surface area contributed by atoms with E-state index in [2.05, 4.69) is 26.5 Å². The third kappa shape index (κ3) is 5.65. The van der Waals surface area contributed by atoms with Crippen LogP contribution in [0, 0.1) is 6.92 Å². The molecule has 0 radical (unpaired) electrons. The van der Waals surface area contributed by atoms with E-state index in [0.29, 0.717) is 10.2 Å². The van der Waals surface area contributed by atoms with E-state index in [4.69, 9.17) is 23.8 Å². The fraction of sp³-hybridized carbons (Fsp3) is 0.0556. The van der Waals surface area contributed by atoms with E-state index in [1.165, 1.54) is 11.3 Å². The predicted octanol–water partition coefficient (Wildman–Crippen LogP) is 4.80. The van der Waals surface area contributed by atoms with Crippen molar-refractivity contribution in [1.82, 2.24) is 15.8 Å². The van der Waals surface area contributed by atoms with E-state index in [-0.39, 0.29) is 5.11 Å². The highest BCUT2D eigenvalue weighted by atomic mass is 35.5. The normalized spacial score (nSPS) is 10.1. The maximum Gasteiger partial charge on any atom is 0.339 e. The molecule has 0 saturated carbocycles. The van der Waals surface area contributed by atoms with Crippen LogP contribution >= 0.6 is 35.2 Å². The summed E-state index contributed by atoms with van der Waals surface area (Å²) in [5, 5.41) is 8.88. The summed E-state index contributed by atoms with van der Waals surface area (Å²) < 4.78 is 0. The van der Waals surface area contributed by atoms with Gasteiger partial charge in [0.25, 0.3) is 0 Å². The van der Waals surface area contributed by atoms with Crippen molar-refractivity contribution in [2.24, 2.45) is 0 Å². The molecule has 3 aromatic rings. The number of urea groups is 1. The molecule has 0 aliphatic heterocycles. The summed E-state index contributed by atoms with van der Waals surface area (Å²) in [6.07, 6.45) is 0. The first-order valence-electron chi connectivity index (χ1n) is 7.92. The van der Waals surface area contributed by atoms with Crippen LogP contribution in [0.1, 0.15) is 5.56 Å². The SMILES string of the molecule is Cc1ccc(NC(=S)NNC(=O)Nc2nc(-c3ccc(Cl)cc3)cs2)cc1. The number of hydrogen-bond donors (Lipinski definition) is 4. The van der Waals surface area contributed by atoms with Crippen molar-refractivity contribution in [2.45, 2.75) is 6.92 Å². The predicted molar refractivity (Wildman–Crippen MR) is 115 cm³/mol. The molecule has 9 heteroatoms. The van der Waals surface area contributed by atoms with Gasteiger partial charge in [0, 0.05) is 21.7 Å². The number of nitrogens with zero attached hydrogens (tertiary/aromatic N) is 1. The minimum Gasteiger partial charge on any atom is -0.331 e. The van der Waals surface area contributed by atoms with Crippen LogP contribution in [-0.2, 0) is 0 Å². The van der Waals surface area contributed by atoms with Gasteiger partial charge in [-0.25, -0.2) is 15.2 Å². The summed E-state index contributed by atoms with van der Waals surface area (Å²) in [7, 11) is 0. The summed E-state index contributed by atoms with van der Waals surface area (Å²) in [6, 6.07) is 14.6. The van der Waals surface area contributed by atoms with Gasteiger partial charge in [0.05, 0.1) is 5.69 Å². The molecular formula is C18H16ClN5OS2. The highest BCUT2D eigenvalue weighted by Crippen LogP contribution is 2.25. The van der Waals surface area contributed by atoms with Gasteiger partial charge in [0.2, 0.25) is 0 Å². The number of hydrogen-bond acceptors (Lipinski definition) is 4. The van der Waals surface area contributed by atoms with Gasteiger partial charge in [-0.15, -0.1) is 11.3 Å². The summed E-state index contributed by atoms with van der Waals surface area (Å²) in [5.74, 6) is 0. The summed E-state index contributed by atoms with van der Waals surface area (Å²) >= 11 is 12.4. The number of aromatic nitrogens is 1. The highest BCUT2D eigenvalue weighted by molar-refractivity contribution is 7.80.